The van der Waals surface area contributed by atoms with E-state index in [1.807, 2.05) is 0 Å². The zero-order valence-corrected chi connectivity index (χ0v) is 24.0. The average molecular weight is 656 g/mol. The van der Waals surface area contributed by atoms with Crippen molar-refractivity contribution in [3.8, 4) is 12.1 Å². The highest BCUT2D eigenvalue weighted by Gasteiger charge is 2.27. The second kappa shape index (κ2) is 11.7. The van der Waals surface area contributed by atoms with Gasteiger partial charge in [0.25, 0.3) is 11.8 Å². The number of hydrogen-bond donors (Lipinski definition) is 2. The zero-order valence-electron chi connectivity index (χ0n) is 18.0. The van der Waals surface area contributed by atoms with Crippen LogP contribution < -0.4 is 10.6 Å². The Balaban J connectivity index is 2.01. The maximum atomic E-state index is 13.1. The number of halogens is 8. The molecule has 188 valence electrons. The normalized spacial score (nSPS) is 10.5. The molecule has 3 rings (SSSR count). The molecule has 0 saturated heterocycles. The molecule has 0 aliphatic rings. The second-order valence-electron chi connectivity index (χ2n) is 7.12. The number of amides is 2. The molecule has 14 heteroatoms. The molecule has 0 aliphatic carbocycles. The van der Waals surface area contributed by atoms with Gasteiger partial charge in [0, 0.05) is 11.4 Å². The SMILES string of the molecule is Cc1c(NC(=O)c2c(Cl)c(Cl)c(Cl)c(Cl)c2C#N)cccc1NC(=O)c1c(Cl)c(Cl)c(Cl)c(Cl)c1C#N. The highest BCUT2D eigenvalue weighted by Crippen LogP contribution is 2.43. The molecular weight excluding hydrogens is 648 g/mol. The number of carbonyl (C=O) groups is 2. The molecular formula is C23H8Cl8N4O2. The van der Waals surface area contributed by atoms with Gasteiger partial charge in [0.05, 0.1) is 62.4 Å². The number of rotatable bonds is 4. The lowest BCUT2D eigenvalue weighted by Crippen LogP contribution is -2.18. The van der Waals surface area contributed by atoms with Crippen LogP contribution in [0.1, 0.15) is 37.4 Å². The first-order valence-electron chi connectivity index (χ1n) is 9.61. The molecule has 37 heavy (non-hydrogen) atoms. The molecule has 3 aromatic rings. The third kappa shape index (κ3) is 5.40. The summed E-state index contributed by atoms with van der Waals surface area (Å²) in [6, 6.07) is 8.18. The topological polar surface area (TPSA) is 106 Å². The molecule has 3 aromatic carbocycles. The number of benzene rings is 3. The van der Waals surface area contributed by atoms with Crippen molar-refractivity contribution < 1.29 is 9.59 Å². The molecule has 2 amide bonds. The number of carbonyl (C=O) groups excluding carboxylic acids is 2. The summed E-state index contributed by atoms with van der Waals surface area (Å²) in [6.07, 6.45) is 0. The van der Waals surface area contributed by atoms with Gasteiger partial charge in [0.15, 0.2) is 0 Å². The molecule has 0 aliphatic heterocycles. The number of hydrogen-bond acceptors (Lipinski definition) is 4. The molecule has 0 atom stereocenters. The van der Waals surface area contributed by atoms with E-state index in [4.69, 9.17) is 92.8 Å². The van der Waals surface area contributed by atoms with Crippen LogP contribution in [0.5, 0.6) is 0 Å². The van der Waals surface area contributed by atoms with Gasteiger partial charge in [-0.1, -0.05) is 98.9 Å². The van der Waals surface area contributed by atoms with E-state index in [1.165, 1.54) is 18.2 Å². The molecule has 0 radical (unpaired) electrons. The van der Waals surface area contributed by atoms with E-state index in [-0.39, 0.29) is 73.8 Å². The van der Waals surface area contributed by atoms with Crippen LogP contribution in [0.3, 0.4) is 0 Å². The van der Waals surface area contributed by atoms with Crippen LogP contribution in [0, 0.1) is 29.6 Å². The number of anilines is 2. The molecule has 0 fully saturated rings. The van der Waals surface area contributed by atoms with E-state index in [0.717, 1.165) is 0 Å². The first-order valence-corrected chi connectivity index (χ1v) is 12.6. The number of nitriles is 2. The third-order valence-corrected chi connectivity index (χ3v) is 8.65. The van der Waals surface area contributed by atoms with Crippen LogP contribution in [-0.2, 0) is 0 Å². The van der Waals surface area contributed by atoms with Crippen molar-refractivity contribution in [2.75, 3.05) is 10.6 Å². The Kier molecular flexibility index (Phi) is 9.35. The predicted octanol–water partition coefficient (Wildman–Crippen LogP) is 9.47. The molecule has 0 heterocycles. The fourth-order valence-electron chi connectivity index (χ4n) is 3.18. The summed E-state index contributed by atoms with van der Waals surface area (Å²) >= 11 is 48.6. The van der Waals surface area contributed by atoms with Crippen LogP contribution in [-0.4, -0.2) is 11.8 Å². The zero-order chi connectivity index (χ0) is 27.8. The Morgan fingerprint density at radius 1 is 0.622 bits per heavy atom. The first-order chi connectivity index (χ1) is 17.4. The highest BCUT2D eigenvalue weighted by atomic mass is 35.5. The Bertz CT molecular complexity index is 1480. The van der Waals surface area contributed by atoms with Crippen molar-refractivity contribution in [3.05, 3.63) is 86.2 Å². The second-order valence-corrected chi connectivity index (χ2v) is 10.1. The van der Waals surface area contributed by atoms with E-state index in [2.05, 4.69) is 10.6 Å². The van der Waals surface area contributed by atoms with Gasteiger partial charge >= 0.3 is 0 Å². The molecule has 0 bridgehead atoms. The van der Waals surface area contributed by atoms with Crippen LogP contribution in [0.15, 0.2) is 18.2 Å². The average Bonchev–Trinajstić information content (AvgIpc) is 2.87. The van der Waals surface area contributed by atoms with Gasteiger partial charge in [0.1, 0.15) is 12.1 Å². The van der Waals surface area contributed by atoms with Crippen LogP contribution in [0.25, 0.3) is 0 Å². The minimum absolute atomic E-state index is 0.167. The molecule has 6 nitrogen and oxygen atoms in total. The molecule has 0 aromatic heterocycles. The minimum Gasteiger partial charge on any atom is -0.322 e. The quantitative estimate of drug-likeness (QED) is 0.216. The molecule has 0 spiro atoms. The maximum Gasteiger partial charge on any atom is 0.258 e. The third-order valence-electron chi connectivity index (χ3n) is 5.04. The van der Waals surface area contributed by atoms with Gasteiger partial charge in [-0.05, 0) is 24.6 Å². The van der Waals surface area contributed by atoms with Gasteiger partial charge < -0.3 is 10.6 Å². The van der Waals surface area contributed by atoms with E-state index in [9.17, 15) is 20.1 Å². The van der Waals surface area contributed by atoms with Crippen molar-refractivity contribution in [3.63, 3.8) is 0 Å². The summed E-state index contributed by atoms with van der Waals surface area (Å²) in [6.45, 7) is 1.59. The van der Waals surface area contributed by atoms with E-state index in [1.54, 1.807) is 19.1 Å². The Morgan fingerprint density at radius 3 is 1.27 bits per heavy atom. The van der Waals surface area contributed by atoms with Crippen molar-refractivity contribution in [2.24, 2.45) is 0 Å². The largest absolute Gasteiger partial charge is 0.322 e. The number of nitrogens with one attached hydrogen (secondary N) is 2. The van der Waals surface area contributed by atoms with E-state index >= 15 is 0 Å². The van der Waals surface area contributed by atoms with Crippen molar-refractivity contribution in [1.82, 2.24) is 0 Å². The van der Waals surface area contributed by atoms with E-state index < -0.39 is 11.8 Å². The van der Waals surface area contributed by atoms with Gasteiger partial charge in [0.2, 0.25) is 0 Å². The summed E-state index contributed by atoms with van der Waals surface area (Å²) in [7, 11) is 0. The maximum absolute atomic E-state index is 13.1. The Morgan fingerprint density at radius 2 is 0.946 bits per heavy atom. The summed E-state index contributed by atoms with van der Waals surface area (Å²) in [5.41, 5.74) is -0.230. The summed E-state index contributed by atoms with van der Waals surface area (Å²) in [4.78, 5) is 26.2. The van der Waals surface area contributed by atoms with Crippen LogP contribution in [0.2, 0.25) is 40.2 Å². The van der Waals surface area contributed by atoms with Gasteiger partial charge in [-0.25, -0.2) is 0 Å². The Hall–Kier alpha value is -2.10. The van der Waals surface area contributed by atoms with Gasteiger partial charge in [-0.3, -0.25) is 9.59 Å². The lowest BCUT2D eigenvalue weighted by atomic mass is 10.1. The monoisotopic (exact) mass is 652 g/mol. The van der Waals surface area contributed by atoms with Crippen LogP contribution >= 0.6 is 92.8 Å². The minimum atomic E-state index is -0.806. The molecule has 0 unspecified atom stereocenters. The van der Waals surface area contributed by atoms with E-state index in [0.29, 0.717) is 5.56 Å². The van der Waals surface area contributed by atoms with Crippen molar-refractivity contribution in [2.45, 2.75) is 6.92 Å². The molecule has 0 saturated carbocycles. The lowest BCUT2D eigenvalue weighted by molar-refractivity contribution is 0.101. The lowest BCUT2D eigenvalue weighted by Gasteiger charge is -2.17. The van der Waals surface area contributed by atoms with Gasteiger partial charge in [-0.15, -0.1) is 0 Å². The first kappa shape index (κ1) is 29.5. The molecule has 2 N–H and O–H groups in total. The summed E-state index contributed by atoms with van der Waals surface area (Å²) < 4.78 is 0. The summed E-state index contributed by atoms with van der Waals surface area (Å²) in [5.74, 6) is -1.61. The fourth-order valence-corrected chi connectivity index (χ4v) is 5.14. The highest BCUT2D eigenvalue weighted by molar-refractivity contribution is 6.54. The smallest absolute Gasteiger partial charge is 0.258 e. The number of nitrogens with zero attached hydrogens (tertiary/aromatic N) is 2. The fraction of sp³-hybridized carbons (Fsp3) is 0.0435. The Labute approximate surface area is 250 Å². The van der Waals surface area contributed by atoms with Gasteiger partial charge in [-0.2, -0.15) is 10.5 Å². The summed E-state index contributed by atoms with van der Waals surface area (Å²) in [5, 5.41) is 22.5. The van der Waals surface area contributed by atoms with Crippen LogP contribution in [0.4, 0.5) is 11.4 Å². The van der Waals surface area contributed by atoms with Crippen molar-refractivity contribution in [1.29, 1.82) is 10.5 Å². The predicted molar refractivity (Wildman–Crippen MR) is 149 cm³/mol. The van der Waals surface area contributed by atoms with Crippen molar-refractivity contribution >= 4 is 116 Å². The standard InChI is InChI=1S/C23H8Cl8N4O2/c1-7-10(34-22(36)12-8(5-32)14(24)18(28)20(30)16(12)26)3-2-4-11(7)35-23(37)13-9(6-33)15(25)19(29)21(31)17(13)27/h2-4H,1H3,(H,34,36)(H,35,37).